The quantitative estimate of drug-likeness (QED) is 0.198. The fourth-order valence-electron chi connectivity index (χ4n) is 2.97. The monoisotopic (exact) mass is 533 g/mol. The Balaban J connectivity index is 0.00000841. The average Bonchev–Trinajstić information content (AvgIpc) is 2.68. The van der Waals surface area contributed by atoms with Crippen molar-refractivity contribution in [2.45, 2.75) is 52.7 Å². The highest BCUT2D eigenvalue weighted by Gasteiger charge is 2.12. The van der Waals surface area contributed by atoms with Crippen LogP contribution in [-0.4, -0.2) is 74.6 Å². The van der Waals surface area contributed by atoms with Gasteiger partial charge in [0.15, 0.2) is 5.96 Å². The first-order valence-corrected chi connectivity index (χ1v) is 10.4. The molecule has 0 aliphatic rings. The number of rotatable bonds is 11. The number of nitrogens with zero attached hydrogens (tertiary/aromatic N) is 3. The normalized spacial score (nSPS) is 11.5. The number of amides is 1. The van der Waals surface area contributed by atoms with E-state index in [1.54, 1.807) is 26.1 Å². The van der Waals surface area contributed by atoms with Crippen molar-refractivity contribution in [1.29, 1.82) is 0 Å². The molecule has 1 aromatic rings. The van der Waals surface area contributed by atoms with E-state index in [0.717, 1.165) is 30.8 Å². The van der Waals surface area contributed by atoms with Crippen LogP contribution in [0, 0.1) is 0 Å². The lowest BCUT2D eigenvalue weighted by Gasteiger charge is -2.30. The van der Waals surface area contributed by atoms with Crippen molar-refractivity contribution in [2.75, 3.05) is 40.8 Å². The zero-order chi connectivity index (χ0) is 21.8. The van der Waals surface area contributed by atoms with Crippen molar-refractivity contribution in [3.8, 4) is 5.75 Å². The minimum absolute atomic E-state index is 0. The molecule has 0 aliphatic heterocycles. The first kappa shape index (κ1) is 28.5. The molecule has 1 rings (SSSR count). The number of nitrogens with one attached hydrogen (secondary N) is 2. The molecule has 0 aromatic heterocycles. The van der Waals surface area contributed by atoms with Crippen molar-refractivity contribution < 1.29 is 9.53 Å². The second-order valence-electron chi connectivity index (χ2n) is 7.86. The lowest BCUT2D eigenvalue weighted by Crippen LogP contribution is -2.44. The second-order valence-corrected chi connectivity index (χ2v) is 7.86. The van der Waals surface area contributed by atoms with Gasteiger partial charge in [-0.3, -0.25) is 9.69 Å². The number of benzene rings is 1. The molecule has 0 spiro atoms. The molecular weight excluding hydrogens is 493 g/mol. The van der Waals surface area contributed by atoms with Gasteiger partial charge in [0.2, 0.25) is 5.91 Å². The van der Waals surface area contributed by atoms with Gasteiger partial charge in [0.05, 0.1) is 20.2 Å². The van der Waals surface area contributed by atoms with Crippen molar-refractivity contribution in [1.82, 2.24) is 20.4 Å². The number of ether oxygens (including phenoxy) is 1. The third-order valence-electron chi connectivity index (χ3n) is 4.70. The number of carbonyl (C=O) groups excluding carboxylic acids is 1. The predicted molar refractivity (Wildman–Crippen MR) is 136 cm³/mol. The van der Waals surface area contributed by atoms with E-state index in [4.69, 9.17) is 4.74 Å². The van der Waals surface area contributed by atoms with E-state index in [1.165, 1.54) is 0 Å². The maximum atomic E-state index is 11.9. The fraction of sp³-hybridized carbons (Fsp3) is 0.636. The van der Waals surface area contributed by atoms with Crippen LogP contribution in [0.25, 0.3) is 0 Å². The summed E-state index contributed by atoms with van der Waals surface area (Å²) in [7, 11) is 5.15. The second kappa shape index (κ2) is 15.3. The number of likely N-dealkylation sites (N-methyl/N-ethyl adjacent to an activating group) is 1. The molecule has 0 saturated carbocycles. The highest BCUT2D eigenvalue weighted by atomic mass is 127. The Bertz CT molecular complexity index is 625. The Morgan fingerprint density at radius 2 is 1.67 bits per heavy atom. The molecule has 0 atom stereocenters. The SMILES string of the molecule is COc1ccc(CN=C(NCCCN(C(C)C)C(C)C)NCC(=O)N(C)C)cc1.I. The van der Waals surface area contributed by atoms with Crippen LogP contribution in [0.5, 0.6) is 5.75 Å². The maximum Gasteiger partial charge on any atom is 0.241 e. The Hall–Kier alpha value is -1.55. The maximum absolute atomic E-state index is 11.9. The van der Waals surface area contributed by atoms with Crippen LogP contribution >= 0.6 is 24.0 Å². The number of hydrogen-bond acceptors (Lipinski definition) is 4. The van der Waals surface area contributed by atoms with E-state index in [2.05, 4.69) is 48.2 Å². The summed E-state index contributed by atoms with van der Waals surface area (Å²) < 4.78 is 5.19. The zero-order valence-corrected chi connectivity index (χ0v) is 21.9. The van der Waals surface area contributed by atoms with Gasteiger partial charge in [0.25, 0.3) is 0 Å². The van der Waals surface area contributed by atoms with Gasteiger partial charge in [0.1, 0.15) is 5.75 Å². The van der Waals surface area contributed by atoms with Gasteiger partial charge in [-0.15, -0.1) is 24.0 Å². The third kappa shape index (κ3) is 11.0. The van der Waals surface area contributed by atoms with Crippen LogP contribution in [0.4, 0.5) is 0 Å². The Morgan fingerprint density at radius 1 is 1.07 bits per heavy atom. The minimum atomic E-state index is 0. The lowest BCUT2D eigenvalue weighted by molar-refractivity contribution is -0.127. The molecule has 0 saturated heterocycles. The average molecular weight is 533 g/mol. The zero-order valence-electron chi connectivity index (χ0n) is 19.6. The van der Waals surface area contributed by atoms with Crippen LogP contribution in [0.3, 0.4) is 0 Å². The molecule has 1 amide bonds. The third-order valence-corrected chi connectivity index (χ3v) is 4.70. The van der Waals surface area contributed by atoms with Crippen LogP contribution in [-0.2, 0) is 11.3 Å². The molecular formula is C22H40IN5O2. The molecule has 0 bridgehead atoms. The summed E-state index contributed by atoms with van der Waals surface area (Å²) in [6.07, 6.45) is 1.00. The van der Waals surface area contributed by atoms with E-state index < -0.39 is 0 Å². The molecule has 0 fully saturated rings. The summed E-state index contributed by atoms with van der Waals surface area (Å²) in [6, 6.07) is 8.88. The summed E-state index contributed by atoms with van der Waals surface area (Å²) in [6.45, 7) is 11.5. The largest absolute Gasteiger partial charge is 0.497 e. The van der Waals surface area contributed by atoms with Crippen LogP contribution in [0.2, 0.25) is 0 Å². The van der Waals surface area contributed by atoms with Gasteiger partial charge in [0, 0.05) is 39.3 Å². The molecule has 0 radical (unpaired) electrons. The van der Waals surface area contributed by atoms with Gasteiger partial charge in [-0.2, -0.15) is 0 Å². The van der Waals surface area contributed by atoms with E-state index >= 15 is 0 Å². The van der Waals surface area contributed by atoms with E-state index in [0.29, 0.717) is 24.6 Å². The molecule has 172 valence electrons. The van der Waals surface area contributed by atoms with Crippen LogP contribution < -0.4 is 15.4 Å². The summed E-state index contributed by atoms with van der Waals surface area (Å²) in [5.74, 6) is 1.48. The number of methoxy groups -OCH3 is 1. The number of hydrogen-bond donors (Lipinski definition) is 2. The predicted octanol–water partition coefficient (Wildman–Crippen LogP) is 2.95. The number of guanidine groups is 1. The number of carbonyl (C=O) groups is 1. The molecule has 30 heavy (non-hydrogen) atoms. The standard InChI is InChI=1S/C22H39N5O2.HI/c1-17(2)27(18(3)4)14-8-13-23-22(25-16-21(28)26(5)6)24-15-19-9-11-20(29-7)12-10-19;/h9-12,17-18H,8,13-16H2,1-7H3,(H2,23,24,25);1H. The van der Waals surface area contributed by atoms with Crippen LogP contribution in [0.1, 0.15) is 39.7 Å². The minimum Gasteiger partial charge on any atom is -0.497 e. The van der Waals surface area contributed by atoms with E-state index in [9.17, 15) is 4.79 Å². The van der Waals surface area contributed by atoms with Gasteiger partial charge >= 0.3 is 0 Å². The Labute approximate surface area is 199 Å². The van der Waals surface area contributed by atoms with E-state index in [1.807, 2.05) is 24.3 Å². The van der Waals surface area contributed by atoms with Gasteiger partial charge < -0.3 is 20.3 Å². The first-order valence-electron chi connectivity index (χ1n) is 10.4. The van der Waals surface area contributed by atoms with Gasteiger partial charge in [-0.25, -0.2) is 4.99 Å². The topological polar surface area (TPSA) is 69.2 Å². The molecule has 0 unspecified atom stereocenters. The van der Waals surface area contributed by atoms with Crippen molar-refractivity contribution in [2.24, 2.45) is 4.99 Å². The summed E-state index contributed by atoms with van der Waals surface area (Å²) in [4.78, 5) is 20.6. The first-order chi connectivity index (χ1) is 13.7. The fourth-order valence-corrected chi connectivity index (χ4v) is 2.97. The van der Waals surface area contributed by atoms with Gasteiger partial charge in [-0.05, 0) is 51.8 Å². The van der Waals surface area contributed by atoms with Crippen molar-refractivity contribution in [3.63, 3.8) is 0 Å². The van der Waals surface area contributed by atoms with Crippen molar-refractivity contribution >= 4 is 35.8 Å². The van der Waals surface area contributed by atoms with Crippen LogP contribution in [0.15, 0.2) is 29.3 Å². The Morgan fingerprint density at radius 3 is 2.17 bits per heavy atom. The molecule has 7 nitrogen and oxygen atoms in total. The number of halogens is 1. The summed E-state index contributed by atoms with van der Waals surface area (Å²) in [5.41, 5.74) is 1.08. The van der Waals surface area contributed by atoms with E-state index in [-0.39, 0.29) is 36.4 Å². The molecule has 0 heterocycles. The molecule has 0 aliphatic carbocycles. The highest BCUT2D eigenvalue weighted by Crippen LogP contribution is 2.11. The molecule has 1 aromatic carbocycles. The van der Waals surface area contributed by atoms with Crippen molar-refractivity contribution in [3.05, 3.63) is 29.8 Å². The molecule has 2 N–H and O–H groups in total. The Kier molecular flexibility index (Phi) is 14.5. The summed E-state index contributed by atoms with van der Waals surface area (Å²) >= 11 is 0. The summed E-state index contributed by atoms with van der Waals surface area (Å²) in [5, 5.41) is 6.49. The molecule has 8 heteroatoms. The smallest absolute Gasteiger partial charge is 0.241 e. The number of aliphatic imine (C=N–C) groups is 1. The lowest BCUT2D eigenvalue weighted by atomic mass is 10.2. The van der Waals surface area contributed by atoms with Gasteiger partial charge in [-0.1, -0.05) is 12.1 Å². The highest BCUT2D eigenvalue weighted by molar-refractivity contribution is 14.0.